The van der Waals surface area contributed by atoms with Gasteiger partial charge in [-0.2, -0.15) is 0 Å². The molecule has 0 aromatic carbocycles. The average Bonchev–Trinajstić information content (AvgIpc) is 2.47. The quantitative estimate of drug-likeness (QED) is 0.675. The molecular weight excluding hydrogens is 196 g/mol. The highest BCUT2D eigenvalue weighted by molar-refractivity contribution is 5.73. The third kappa shape index (κ3) is 1.89. The zero-order valence-corrected chi connectivity index (χ0v) is 8.30. The molecule has 1 fully saturated rings. The molecule has 0 spiro atoms. The molecule has 3 rings (SSSR count). The van der Waals surface area contributed by atoms with Gasteiger partial charge in [-0.05, 0) is 31.1 Å². The number of carboxylic acids is 2. The van der Waals surface area contributed by atoms with E-state index in [-0.39, 0.29) is 23.7 Å². The van der Waals surface area contributed by atoms with E-state index in [0.29, 0.717) is 19.3 Å². The van der Waals surface area contributed by atoms with Crippen LogP contribution in [0.2, 0.25) is 0 Å². The number of carbonyl (C=O) groups is 2. The number of allylic oxidation sites excluding steroid dienone is 2. The van der Waals surface area contributed by atoms with Crippen LogP contribution < -0.4 is 0 Å². The lowest BCUT2D eigenvalue weighted by Gasteiger charge is -2.23. The molecule has 0 aromatic rings. The molecule has 4 heteroatoms. The lowest BCUT2D eigenvalue weighted by Crippen LogP contribution is -2.25. The minimum Gasteiger partial charge on any atom is -0.481 e. The number of carboxylic acid groups (broad SMARTS) is 2. The molecule has 0 heterocycles. The van der Waals surface area contributed by atoms with E-state index in [0.717, 1.165) is 0 Å². The zero-order valence-electron chi connectivity index (χ0n) is 8.30. The van der Waals surface area contributed by atoms with E-state index in [1.165, 1.54) is 0 Å². The fourth-order valence-corrected chi connectivity index (χ4v) is 2.71. The first kappa shape index (κ1) is 10.2. The summed E-state index contributed by atoms with van der Waals surface area (Å²) >= 11 is 0. The van der Waals surface area contributed by atoms with Gasteiger partial charge in [-0.15, -0.1) is 0 Å². The molecule has 3 aliphatic rings. The Balaban J connectivity index is 2.19. The molecule has 2 N–H and O–H groups in total. The summed E-state index contributed by atoms with van der Waals surface area (Å²) in [5.41, 5.74) is 0. The summed E-state index contributed by atoms with van der Waals surface area (Å²) in [5.74, 6) is -2.31. The Bertz CT molecular complexity index is 319. The van der Waals surface area contributed by atoms with Crippen LogP contribution in [0.15, 0.2) is 12.2 Å². The van der Waals surface area contributed by atoms with Gasteiger partial charge in [0.1, 0.15) is 0 Å². The number of rotatable bonds is 2. The van der Waals surface area contributed by atoms with Crippen LogP contribution >= 0.6 is 0 Å². The fourth-order valence-electron chi connectivity index (χ4n) is 2.71. The molecule has 82 valence electrons. The Kier molecular flexibility index (Phi) is 2.50. The first-order chi connectivity index (χ1) is 7.08. The third-order valence-corrected chi connectivity index (χ3v) is 3.51. The normalized spacial score (nSPS) is 38.7. The molecule has 0 aliphatic heterocycles. The second-order valence-electron chi connectivity index (χ2n) is 4.50. The molecule has 1 saturated carbocycles. The van der Waals surface area contributed by atoms with Crippen LogP contribution in [0, 0.1) is 23.7 Å². The van der Waals surface area contributed by atoms with E-state index in [2.05, 4.69) is 0 Å². The van der Waals surface area contributed by atoms with Crippen molar-refractivity contribution in [3.8, 4) is 0 Å². The van der Waals surface area contributed by atoms with E-state index in [9.17, 15) is 9.59 Å². The lowest BCUT2D eigenvalue weighted by atomic mass is 9.80. The summed E-state index contributed by atoms with van der Waals surface area (Å²) in [5, 5.41) is 18.0. The second-order valence-corrected chi connectivity index (χ2v) is 4.50. The van der Waals surface area contributed by atoms with Gasteiger partial charge in [-0.25, -0.2) is 0 Å². The van der Waals surface area contributed by atoms with Crippen LogP contribution in [0.5, 0.6) is 0 Å². The highest BCUT2D eigenvalue weighted by Crippen LogP contribution is 2.41. The second kappa shape index (κ2) is 3.68. The van der Waals surface area contributed by atoms with Crippen molar-refractivity contribution in [3.63, 3.8) is 0 Å². The monoisotopic (exact) mass is 210 g/mol. The Morgan fingerprint density at radius 3 is 2.33 bits per heavy atom. The number of fused-ring (bicyclic) bond motifs is 3. The summed E-state index contributed by atoms with van der Waals surface area (Å²) in [6, 6.07) is 0. The predicted molar refractivity (Wildman–Crippen MR) is 52.2 cm³/mol. The van der Waals surface area contributed by atoms with Crippen molar-refractivity contribution >= 4 is 11.9 Å². The molecule has 0 saturated heterocycles. The van der Waals surface area contributed by atoms with Gasteiger partial charge in [0.15, 0.2) is 0 Å². The zero-order chi connectivity index (χ0) is 11.0. The van der Waals surface area contributed by atoms with E-state index < -0.39 is 11.9 Å². The maximum absolute atomic E-state index is 11.0. The van der Waals surface area contributed by atoms with Crippen LogP contribution in [0.1, 0.15) is 19.3 Å². The molecule has 0 aromatic heterocycles. The van der Waals surface area contributed by atoms with Crippen LogP contribution in [-0.4, -0.2) is 22.2 Å². The van der Waals surface area contributed by atoms with Gasteiger partial charge in [-0.3, -0.25) is 9.59 Å². The maximum atomic E-state index is 11.0. The highest BCUT2D eigenvalue weighted by atomic mass is 16.4. The predicted octanol–water partition coefficient (Wildman–Crippen LogP) is 1.37. The van der Waals surface area contributed by atoms with Crippen LogP contribution in [0.25, 0.3) is 0 Å². The summed E-state index contributed by atoms with van der Waals surface area (Å²) < 4.78 is 0. The number of hydrogen-bond acceptors (Lipinski definition) is 2. The van der Waals surface area contributed by atoms with Crippen molar-refractivity contribution in [3.05, 3.63) is 12.2 Å². The van der Waals surface area contributed by atoms with E-state index in [1.54, 1.807) is 0 Å². The van der Waals surface area contributed by atoms with Crippen LogP contribution in [0.4, 0.5) is 0 Å². The summed E-state index contributed by atoms with van der Waals surface area (Å²) in [6.07, 6.45) is 5.55. The molecule has 0 radical (unpaired) electrons. The van der Waals surface area contributed by atoms with Crippen molar-refractivity contribution < 1.29 is 19.8 Å². The largest absolute Gasteiger partial charge is 0.481 e. The van der Waals surface area contributed by atoms with Crippen molar-refractivity contribution in [2.24, 2.45) is 23.7 Å². The Morgan fingerprint density at radius 2 is 1.73 bits per heavy atom. The topological polar surface area (TPSA) is 74.6 Å². The Labute approximate surface area is 87.6 Å². The summed E-state index contributed by atoms with van der Waals surface area (Å²) in [6.45, 7) is 0. The van der Waals surface area contributed by atoms with Gasteiger partial charge in [0.05, 0.1) is 11.8 Å². The first-order valence-corrected chi connectivity index (χ1v) is 5.22. The highest BCUT2D eigenvalue weighted by Gasteiger charge is 2.39. The maximum Gasteiger partial charge on any atom is 0.307 e. The molecule has 4 atom stereocenters. The SMILES string of the molecule is O=C(O)C1C[C@H]2C=C[C@H](C1)[C@H](C(=O)O)C2. The number of aliphatic carboxylic acids is 2. The van der Waals surface area contributed by atoms with Gasteiger partial charge >= 0.3 is 11.9 Å². The molecular formula is C11H14O4. The average molecular weight is 210 g/mol. The van der Waals surface area contributed by atoms with E-state index in [1.807, 2.05) is 12.2 Å². The minimum atomic E-state index is -0.792. The fraction of sp³-hybridized carbons (Fsp3) is 0.636. The van der Waals surface area contributed by atoms with Crippen molar-refractivity contribution in [1.82, 2.24) is 0 Å². The minimum absolute atomic E-state index is 0.0950. The van der Waals surface area contributed by atoms with Crippen molar-refractivity contribution in [1.29, 1.82) is 0 Å². The molecule has 1 unspecified atom stereocenters. The van der Waals surface area contributed by atoms with E-state index >= 15 is 0 Å². The van der Waals surface area contributed by atoms with E-state index in [4.69, 9.17) is 10.2 Å². The molecule has 3 aliphatic carbocycles. The Morgan fingerprint density at radius 1 is 1.00 bits per heavy atom. The molecule has 2 bridgehead atoms. The third-order valence-electron chi connectivity index (χ3n) is 3.51. The molecule has 15 heavy (non-hydrogen) atoms. The van der Waals surface area contributed by atoms with Crippen LogP contribution in [-0.2, 0) is 9.59 Å². The number of hydrogen-bond donors (Lipinski definition) is 2. The van der Waals surface area contributed by atoms with Gasteiger partial charge < -0.3 is 10.2 Å². The van der Waals surface area contributed by atoms with Crippen molar-refractivity contribution in [2.75, 3.05) is 0 Å². The van der Waals surface area contributed by atoms with Crippen molar-refractivity contribution in [2.45, 2.75) is 19.3 Å². The van der Waals surface area contributed by atoms with Crippen LogP contribution in [0.3, 0.4) is 0 Å². The summed E-state index contributed by atoms with van der Waals surface area (Å²) in [7, 11) is 0. The van der Waals surface area contributed by atoms with Gasteiger partial charge in [0.25, 0.3) is 0 Å². The van der Waals surface area contributed by atoms with Gasteiger partial charge in [0, 0.05) is 0 Å². The molecule has 0 amide bonds. The lowest BCUT2D eigenvalue weighted by molar-refractivity contribution is -0.145. The standard InChI is InChI=1S/C11H14O4/c12-10(13)8-3-6-1-2-7(5-8)9(4-6)11(14)15/h1-2,6-9H,3-5H2,(H,12,13)(H,14,15)/t6-,7-,8?,9-/m1/s1. The first-order valence-electron chi connectivity index (χ1n) is 5.22. The van der Waals surface area contributed by atoms with Gasteiger partial charge in [-0.1, -0.05) is 12.2 Å². The molecule has 4 nitrogen and oxygen atoms in total. The summed E-state index contributed by atoms with van der Waals surface area (Å²) in [4.78, 5) is 21.9. The Hall–Kier alpha value is -1.32. The van der Waals surface area contributed by atoms with Gasteiger partial charge in [0.2, 0.25) is 0 Å². The smallest absolute Gasteiger partial charge is 0.307 e.